The van der Waals surface area contributed by atoms with Crippen molar-refractivity contribution in [2.24, 2.45) is 0 Å². The van der Waals surface area contributed by atoms with Gasteiger partial charge in [-0.1, -0.05) is 0 Å². The molecule has 3 N–H and O–H groups in total. The Morgan fingerprint density at radius 3 is 2.50 bits per heavy atom. The van der Waals surface area contributed by atoms with Gasteiger partial charge in [-0.3, -0.25) is 4.55 Å². The van der Waals surface area contributed by atoms with Gasteiger partial charge in [-0.15, -0.1) is 0 Å². The largest absolute Gasteiger partial charge is 0.413 e. The van der Waals surface area contributed by atoms with E-state index in [2.05, 4.69) is 4.28 Å². The van der Waals surface area contributed by atoms with E-state index in [1.165, 1.54) is 6.92 Å². The first-order valence-electron chi connectivity index (χ1n) is 2.48. The highest BCUT2D eigenvalue weighted by Crippen LogP contribution is 1.81. The predicted octanol–water partition coefficient (Wildman–Crippen LogP) is -1.31. The molecule has 0 aliphatic rings. The van der Waals surface area contributed by atoms with Crippen LogP contribution in [0.1, 0.15) is 6.92 Å². The maximum absolute atomic E-state index is 9.80. The summed E-state index contributed by atoms with van der Waals surface area (Å²) >= 11 is 0. The molecule has 0 aromatic carbocycles. The van der Waals surface area contributed by atoms with Crippen LogP contribution in [0, 0.1) is 0 Å². The van der Waals surface area contributed by atoms with Gasteiger partial charge < -0.3 is 5.11 Å². The van der Waals surface area contributed by atoms with Gasteiger partial charge in [0.25, 0.3) is 0 Å². The summed E-state index contributed by atoms with van der Waals surface area (Å²) < 4.78 is 31.2. The fraction of sp³-hybridized carbons (Fsp3) is 1.00. The summed E-state index contributed by atoms with van der Waals surface area (Å²) in [6.45, 7) is 1.36. The third-order valence-electron chi connectivity index (χ3n) is 0.543. The molecule has 0 rings (SSSR count). The molecule has 0 aliphatic carbocycles. The second-order valence-electron chi connectivity index (χ2n) is 1.71. The Morgan fingerprint density at radius 1 is 1.70 bits per heavy atom. The number of aliphatic hydroxyl groups is 1. The lowest BCUT2D eigenvalue weighted by molar-refractivity contribution is 0.112. The molecule has 1 unspecified atom stereocenters. The lowest BCUT2D eigenvalue weighted by Gasteiger charge is -2.02. The third-order valence-corrected chi connectivity index (χ3v) is 0.871. The maximum Gasteiger partial charge on any atom is 0.413 e. The Labute approximate surface area is 58.7 Å². The van der Waals surface area contributed by atoms with Gasteiger partial charge in [-0.2, -0.15) is 18.2 Å². The molecule has 0 radical (unpaired) electrons. The zero-order valence-corrected chi connectivity index (χ0v) is 6.13. The zero-order chi connectivity index (χ0) is 8.20. The molecule has 0 saturated heterocycles. The van der Waals surface area contributed by atoms with Crippen LogP contribution < -0.4 is 5.48 Å². The maximum atomic E-state index is 9.80. The SMILES string of the molecule is CC(O)CNOS(=O)(=O)O. The molecule has 0 saturated carbocycles. The van der Waals surface area contributed by atoms with Crippen molar-refractivity contribution in [1.82, 2.24) is 5.48 Å². The van der Waals surface area contributed by atoms with Crippen LogP contribution in [0.2, 0.25) is 0 Å². The van der Waals surface area contributed by atoms with Crippen molar-refractivity contribution < 1.29 is 22.4 Å². The van der Waals surface area contributed by atoms with E-state index in [-0.39, 0.29) is 6.54 Å². The van der Waals surface area contributed by atoms with Crippen LogP contribution >= 0.6 is 0 Å². The third kappa shape index (κ3) is 7.79. The molecule has 0 amide bonds. The van der Waals surface area contributed by atoms with Gasteiger partial charge in [0.2, 0.25) is 0 Å². The van der Waals surface area contributed by atoms with Crippen LogP contribution in [-0.4, -0.2) is 30.7 Å². The number of hydrogen-bond acceptors (Lipinski definition) is 5. The van der Waals surface area contributed by atoms with Crippen molar-refractivity contribution in [1.29, 1.82) is 0 Å². The van der Waals surface area contributed by atoms with Crippen molar-refractivity contribution in [3.63, 3.8) is 0 Å². The van der Waals surface area contributed by atoms with E-state index in [1.807, 2.05) is 5.48 Å². The second-order valence-corrected chi connectivity index (χ2v) is 2.73. The lowest BCUT2D eigenvalue weighted by atomic mass is 10.4. The summed E-state index contributed by atoms with van der Waals surface area (Å²) in [5.41, 5.74) is 1.84. The first kappa shape index (κ1) is 9.79. The standard InChI is InChI=1S/C3H9NO5S/c1-3(5)2-4-9-10(6,7)8/h3-5H,2H2,1H3,(H,6,7,8). The average molecular weight is 171 g/mol. The molecule has 0 bridgehead atoms. The van der Waals surface area contributed by atoms with Crippen molar-refractivity contribution in [2.75, 3.05) is 6.54 Å². The molecule has 0 aromatic rings. The molecule has 1 atom stereocenters. The van der Waals surface area contributed by atoms with E-state index in [0.717, 1.165) is 0 Å². The Hall–Kier alpha value is -0.210. The summed E-state index contributed by atoms with van der Waals surface area (Å²) in [6.07, 6.45) is -0.734. The summed E-state index contributed by atoms with van der Waals surface area (Å²) in [7, 11) is -4.44. The van der Waals surface area contributed by atoms with Crippen LogP contribution in [0.15, 0.2) is 0 Å². The molecule has 10 heavy (non-hydrogen) atoms. The van der Waals surface area contributed by atoms with E-state index in [9.17, 15) is 8.42 Å². The molecule has 62 valence electrons. The van der Waals surface area contributed by atoms with Crippen molar-refractivity contribution in [3.8, 4) is 0 Å². The highest BCUT2D eigenvalue weighted by molar-refractivity contribution is 7.80. The Morgan fingerprint density at radius 2 is 2.20 bits per heavy atom. The number of hydrogen-bond donors (Lipinski definition) is 3. The van der Waals surface area contributed by atoms with Crippen molar-refractivity contribution in [3.05, 3.63) is 0 Å². The average Bonchev–Trinajstić information content (AvgIpc) is 1.59. The van der Waals surface area contributed by atoms with Gasteiger partial charge in [0.1, 0.15) is 0 Å². The predicted molar refractivity (Wildman–Crippen MR) is 32.3 cm³/mol. The summed E-state index contributed by atoms with van der Waals surface area (Å²) in [6, 6.07) is 0. The van der Waals surface area contributed by atoms with Gasteiger partial charge in [-0.05, 0) is 6.92 Å². The first-order valence-corrected chi connectivity index (χ1v) is 3.85. The topological polar surface area (TPSA) is 95.9 Å². The molecule has 6 nitrogen and oxygen atoms in total. The van der Waals surface area contributed by atoms with E-state index < -0.39 is 16.5 Å². The summed E-state index contributed by atoms with van der Waals surface area (Å²) in [5, 5.41) is 8.53. The minimum atomic E-state index is -4.44. The molecular weight excluding hydrogens is 162 g/mol. The van der Waals surface area contributed by atoms with E-state index in [4.69, 9.17) is 9.66 Å². The second kappa shape index (κ2) is 3.84. The fourth-order valence-electron chi connectivity index (χ4n) is 0.229. The Balaban J connectivity index is 3.39. The number of aliphatic hydroxyl groups excluding tert-OH is 1. The minimum Gasteiger partial charge on any atom is -0.392 e. The van der Waals surface area contributed by atoms with E-state index in [1.54, 1.807) is 0 Å². The quantitative estimate of drug-likeness (QED) is 0.359. The smallest absolute Gasteiger partial charge is 0.392 e. The monoisotopic (exact) mass is 171 g/mol. The summed E-state index contributed by atoms with van der Waals surface area (Å²) in [4.78, 5) is 0. The highest BCUT2D eigenvalue weighted by Gasteiger charge is 2.03. The Bertz CT molecular complexity index is 173. The van der Waals surface area contributed by atoms with Crippen LogP contribution in [0.25, 0.3) is 0 Å². The van der Waals surface area contributed by atoms with Gasteiger partial charge >= 0.3 is 10.4 Å². The molecule has 0 aliphatic heterocycles. The van der Waals surface area contributed by atoms with Crippen molar-refractivity contribution in [2.45, 2.75) is 13.0 Å². The van der Waals surface area contributed by atoms with Crippen LogP contribution in [-0.2, 0) is 14.7 Å². The number of nitrogens with one attached hydrogen (secondary N) is 1. The van der Waals surface area contributed by atoms with Crippen LogP contribution in [0.5, 0.6) is 0 Å². The number of hydroxylamine groups is 1. The highest BCUT2D eigenvalue weighted by atomic mass is 32.3. The van der Waals surface area contributed by atoms with Gasteiger partial charge in [-0.25, -0.2) is 0 Å². The molecule has 0 aromatic heterocycles. The Kier molecular flexibility index (Phi) is 3.76. The minimum absolute atomic E-state index is 0.0697. The van der Waals surface area contributed by atoms with E-state index in [0.29, 0.717) is 0 Å². The van der Waals surface area contributed by atoms with Gasteiger partial charge in [0.15, 0.2) is 0 Å². The van der Waals surface area contributed by atoms with Crippen LogP contribution in [0.4, 0.5) is 0 Å². The first-order chi connectivity index (χ1) is 4.42. The van der Waals surface area contributed by atoms with Crippen LogP contribution in [0.3, 0.4) is 0 Å². The van der Waals surface area contributed by atoms with E-state index >= 15 is 0 Å². The van der Waals surface area contributed by atoms with Gasteiger partial charge in [0.05, 0.1) is 6.10 Å². The van der Waals surface area contributed by atoms with Crippen molar-refractivity contribution >= 4 is 10.4 Å². The fourth-order valence-corrected chi connectivity index (χ4v) is 0.446. The number of rotatable bonds is 4. The zero-order valence-electron chi connectivity index (χ0n) is 5.31. The molecular formula is C3H9NO5S. The molecule has 0 spiro atoms. The summed E-state index contributed by atoms with van der Waals surface area (Å²) in [5.74, 6) is 0. The molecule has 0 fully saturated rings. The normalized spacial score (nSPS) is 15.1. The van der Waals surface area contributed by atoms with Gasteiger partial charge in [0, 0.05) is 6.54 Å². The molecule has 7 heteroatoms. The lowest BCUT2D eigenvalue weighted by Crippen LogP contribution is -2.27. The molecule has 0 heterocycles.